The lowest BCUT2D eigenvalue weighted by atomic mass is 10.3. The number of para-hydroxylation sites is 1. The second kappa shape index (κ2) is 3.58. The molecular weight excluding hydrogens is 199 g/mol. The van der Waals surface area contributed by atoms with Gasteiger partial charge < -0.3 is 4.74 Å². The fraction of sp³-hybridized carbons (Fsp3) is 0.200. The zero-order valence-corrected chi connectivity index (χ0v) is 7.68. The largest absolute Gasteiger partial charge is 0.416 e. The number of nitrogens with zero attached hydrogens (tertiary/aromatic N) is 2. The lowest BCUT2D eigenvalue weighted by molar-refractivity contribution is 0.182. The van der Waals surface area contributed by atoms with Gasteiger partial charge in [-0.25, -0.2) is 9.18 Å². The van der Waals surface area contributed by atoms with Gasteiger partial charge in [-0.15, -0.1) is 0 Å². The number of amides is 1. The average Bonchev–Trinajstić information content (AvgIpc) is 3.00. The summed E-state index contributed by atoms with van der Waals surface area (Å²) >= 11 is 0. The maximum Gasteiger partial charge on any atom is 0.416 e. The van der Waals surface area contributed by atoms with Crippen molar-refractivity contribution >= 4 is 6.09 Å². The van der Waals surface area contributed by atoms with Crippen LogP contribution in [0.1, 0.15) is 0 Å². The van der Waals surface area contributed by atoms with Gasteiger partial charge in [-0.2, -0.15) is 5.26 Å². The molecule has 76 valence electrons. The Hall–Kier alpha value is -2.09. The zero-order valence-electron chi connectivity index (χ0n) is 7.68. The normalized spacial score (nSPS) is 18.1. The van der Waals surface area contributed by atoms with Crippen LogP contribution in [0.15, 0.2) is 24.3 Å². The van der Waals surface area contributed by atoms with E-state index >= 15 is 0 Å². The summed E-state index contributed by atoms with van der Waals surface area (Å²) in [5.74, 6) is -0.715. The summed E-state index contributed by atoms with van der Waals surface area (Å²) in [6.07, 6.45) is -0.688. The van der Waals surface area contributed by atoms with Crippen LogP contribution in [0.2, 0.25) is 0 Å². The van der Waals surface area contributed by atoms with Crippen LogP contribution >= 0.6 is 0 Å². The quantitative estimate of drug-likeness (QED) is 0.655. The molecule has 1 atom stereocenters. The summed E-state index contributed by atoms with van der Waals surface area (Å²) in [6.45, 7) is 0.351. The van der Waals surface area contributed by atoms with Crippen molar-refractivity contribution in [2.75, 3.05) is 6.54 Å². The molecule has 2 rings (SSSR count). The van der Waals surface area contributed by atoms with Gasteiger partial charge in [0, 0.05) is 0 Å². The third-order valence-electron chi connectivity index (χ3n) is 2.03. The number of hydrogen-bond acceptors (Lipinski definition) is 3. The van der Waals surface area contributed by atoms with Crippen LogP contribution in [0.25, 0.3) is 0 Å². The second-order valence-electron chi connectivity index (χ2n) is 3.10. The highest BCUT2D eigenvalue weighted by atomic mass is 19.1. The smallest absolute Gasteiger partial charge is 0.407 e. The summed E-state index contributed by atoms with van der Waals surface area (Å²) in [7, 11) is 0. The second-order valence-corrected chi connectivity index (χ2v) is 3.10. The van der Waals surface area contributed by atoms with E-state index in [1.54, 1.807) is 6.07 Å². The topological polar surface area (TPSA) is 53.1 Å². The lowest BCUT2D eigenvalue weighted by Gasteiger charge is -2.04. The Bertz CT molecular complexity index is 441. The molecule has 0 radical (unpaired) electrons. The van der Waals surface area contributed by atoms with Gasteiger partial charge in [0.15, 0.2) is 11.6 Å². The Morgan fingerprint density at radius 1 is 1.60 bits per heavy atom. The Kier molecular flexibility index (Phi) is 2.26. The fourth-order valence-electron chi connectivity index (χ4n) is 1.13. The molecule has 0 saturated carbocycles. The van der Waals surface area contributed by atoms with E-state index in [1.165, 1.54) is 23.1 Å². The van der Waals surface area contributed by atoms with Crippen LogP contribution in [0, 0.1) is 17.1 Å². The van der Waals surface area contributed by atoms with Gasteiger partial charge in [-0.3, -0.25) is 4.90 Å². The first-order valence-electron chi connectivity index (χ1n) is 4.35. The molecule has 1 unspecified atom stereocenters. The third kappa shape index (κ3) is 1.89. The van der Waals surface area contributed by atoms with Gasteiger partial charge >= 0.3 is 6.09 Å². The predicted octanol–water partition coefficient (Wildman–Crippen LogP) is 1.53. The van der Waals surface area contributed by atoms with Gasteiger partial charge in [0.05, 0.1) is 12.6 Å². The number of halogens is 1. The molecule has 1 heterocycles. The molecule has 1 saturated heterocycles. The van der Waals surface area contributed by atoms with E-state index in [2.05, 4.69) is 0 Å². The minimum absolute atomic E-state index is 0.119. The fourth-order valence-corrected chi connectivity index (χ4v) is 1.13. The van der Waals surface area contributed by atoms with Crippen LogP contribution in [-0.4, -0.2) is 23.6 Å². The Labute approximate surface area is 85.5 Å². The molecule has 0 aromatic heterocycles. The number of benzene rings is 1. The number of ether oxygens (including phenoxy) is 1. The van der Waals surface area contributed by atoms with Gasteiger partial charge in [0.2, 0.25) is 0 Å². The summed E-state index contributed by atoms with van der Waals surface area (Å²) in [4.78, 5) is 12.5. The Morgan fingerprint density at radius 3 is 2.93 bits per heavy atom. The van der Waals surface area contributed by atoms with E-state index in [9.17, 15) is 9.18 Å². The first-order valence-corrected chi connectivity index (χ1v) is 4.35. The molecule has 0 spiro atoms. The molecule has 15 heavy (non-hydrogen) atoms. The first-order chi connectivity index (χ1) is 7.22. The Morgan fingerprint density at radius 2 is 2.33 bits per heavy atom. The van der Waals surface area contributed by atoms with Crippen LogP contribution in [0.5, 0.6) is 5.75 Å². The van der Waals surface area contributed by atoms with E-state index < -0.39 is 18.0 Å². The summed E-state index contributed by atoms with van der Waals surface area (Å²) in [5.41, 5.74) is 0. The van der Waals surface area contributed by atoms with Gasteiger partial charge in [-0.05, 0) is 12.1 Å². The standard InChI is InChI=1S/C10H7FN2O2/c11-8-3-1-2-4-9(8)15-10(14)13-6-7(13)5-12/h1-4,7H,6H2. The number of carbonyl (C=O) groups is 1. The van der Waals surface area contributed by atoms with Crippen molar-refractivity contribution in [2.24, 2.45) is 0 Å². The molecule has 5 heteroatoms. The molecule has 4 nitrogen and oxygen atoms in total. The minimum Gasteiger partial charge on any atom is -0.407 e. The van der Waals surface area contributed by atoms with Crippen molar-refractivity contribution in [3.05, 3.63) is 30.1 Å². The van der Waals surface area contributed by atoms with Crippen molar-refractivity contribution in [1.29, 1.82) is 5.26 Å². The maximum absolute atomic E-state index is 13.1. The van der Waals surface area contributed by atoms with Crippen molar-refractivity contribution in [3.8, 4) is 11.8 Å². The van der Waals surface area contributed by atoms with Crippen molar-refractivity contribution in [3.63, 3.8) is 0 Å². The summed E-state index contributed by atoms with van der Waals surface area (Å²) in [6, 6.07) is 7.10. The highest BCUT2D eigenvalue weighted by Crippen LogP contribution is 2.21. The van der Waals surface area contributed by atoms with Crippen molar-refractivity contribution < 1.29 is 13.9 Å². The van der Waals surface area contributed by atoms with E-state index in [0.29, 0.717) is 6.54 Å². The van der Waals surface area contributed by atoms with Crippen molar-refractivity contribution in [1.82, 2.24) is 4.90 Å². The summed E-state index contributed by atoms with van der Waals surface area (Å²) in [5, 5.41) is 8.47. The van der Waals surface area contributed by atoms with E-state index in [-0.39, 0.29) is 5.75 Å². The highest BCUT2D eigenvalue weighted by molar-refractivity contribution is 5.74. The third-order valence-corrected chi connectivity index (χ3v) is 2.03. The first kappa shape index (κ1) is 9.46. The Balaban J connectivity index is 2.02. The molecular formula is C10H7FN2O2. The van der Waals surface area contributed by atoms with Gasteiger partial charge in [-0.1, -0.05) is 12.1 Å². The van der Waals surface area contributed by atoms with Crippen LogP contribution in [-0.2, 0) is 0 Å². The molecule has 0 bridgehead atoms. The SMILES string of the molecule is N#CC1CN1C(=O)Oc1ccccc1F. The number of rotatable bonds is 1. The van der Waals surface area contributed by atoms with Gasteiger partial charge in [0.1, 0.15) is 6.04 Å². The molecule has 1 aromatic carbocycles. The molecule has 1 aromatic rings. The number of hydrogen-bond donors (Lipinski definition) is 0. The van der Waals surface area contributed by atoms with Gasteiger partial charge in [0.25, 0.3) is 0 Å². The van der Waals surface area contributed by atoms with Crippen LogP contribution in [0.4, 0.5) is 9.18 Å². The lowest BCUT2D eigenvalue weighted by Crippen LogP contribution is -2.18. The molecule has 1 aliphatic heterocycles. The zero-order chi connectivity index (χ0) is 10.8. The molecule has 1 fully saturated rings. The summed E-state index contributed by atoms with van der Waals surface area (Å²) < 4.78 is 17.8. The van der Waals surface area contributed by atoms with E-state index in [0.717, 1.165) is 0 Å². The van der Waals surface area contributed by atoms with Crippen LogP contribution < -0.4 is 4.74 Å². The molecule has 0 aliphatic carbocycles. The van der Waals surface area contributed by atoms with Crippen LogP contribution in [0.3, 0.4) is 0 Å². The van der Waals surface area contributed by atoms with E-state index in [1.807, 2.05) is 6.07 Å². The number of nitriles is 1. The average molecular weight is 206 g/mol. The highest BCUT2D eigenvalue weighted by Gasteiger charge is 2.40. The monoisotopic (exact) mass is 206 g/mol. The molecule has 1 aliphatic rings. The molecule has 0 N–H and O–H groups in total. The van der Waals surface area contributed by atoms with Crippen molar-refractivity contribution in [2.45, 2.75) is 6.04 Å². The molecule has 1 amide bonds. The maximum atomic E-state index is 13.1. The predicted molar refractivity (Wildman–Crippen MR) is 48.5 cm³/mol. The number of carbonyl (C=O) groups excluding carboxylic acids is 1. The van der Waals surface area contributed by atoms with E-state index in [4.69, 9.17) is 10.00 Å². The minimum atomic E-state index is -0.688.